The van der Waals surface area contributed by atoms with Crippen LogP contribution in [0.3, 0.4) is 0 Å². The van der Waals surface area contributed by atoms with Gasteiger partial charge in [0.1, 0.15) is 28.6 Å². The molecule has 11 heteroatoms. The van der Waals surface area contributed by atoms with Gasteiger partial charge in [-0.25, -0.2) is 4.79 Å². The first-order chi connectivity index (χ1) is 16.4. The highest BCUT2D eigenvalue weighted by Gasteiger charge is 2.24. The maximum absolute atomic E-state index is 12.5. The summed E-state index contributed by atoms with van der Waals surface area (Å²) in [6.07, 6.45) is 1.46. The van der Waals surface area contributed by atoms with Gasteiger partial charge in [0.15, 0.2) is 6.61 Å². The zero-order chi connectivity index (χ0) is 24.5. The average molecular weight is 487 g/mol. The normalized spacial score (nSPS) is 10.3. The number of carbonyl (C=O) groups excluding carboxylic acids is 4. The number of thiophene rings is 1. The van der Waals surface area contributed by atoms with Crippen LogP contribution in [-0.4, -0.2) is 50.6 Å². The minimum atomic E-state index is -0.813. The van der Waals surface area contributed by atoms with E-state index in [1.54, 1.807) is 48.7 Å². The van der Waals surface area contributed by atoms with Gasteiger partial charge in [0.25, 0.3) is 11.8 Å². The first-order valence-corrected chi connectivity index (χ1v) is 11.0. The van der Waals surface area contributed by atoms with E-state index in [4.69, 9.17) is 18.6 Å². The number of para-hydroxylation sites is 1. The third-order valence-corrected chi connectivity index (χ3v) is 5.31. The number of hydrogen-bond donors (Lipinski definition) is 2. The Hall–Kier alpha value is -4.12. The summed E-state index contributed by atoms with van der Waals surface area (Å²) in [5.74, 6) is -1.83. The number of hydrogen-bond acceptors (Lipinski definition) is 9. The van der Waals surface area contributed by atoms with Gasteiger partial charge in [-0.1, -0.05) is 12.1 Å². The average Bonchev–Trinajstić information content (AvgIpc) is 3.51. The zero-order valence-electron chi connectivity index (χ0n) is 18.4. The Morgan fingerprint density at radius 2 is 1.85 bits per heavy atom. The van der Waals surface area contributed by atoms with Crippen LogP contribution < -0.4 is 15.4 Å². The van der Waals surface area contributed by atoms with Crippen molar-refractivity contribution in [1.29, 1.82) is 0 Å². The smallest absolute Gasteiger partial charge is 0.341 e. The SMILES string of the molecule is CCOC(=O)c1c(-c2ccco2)csc1NC(=O)COC(=O)CNC(=O)c1ccccc1OC. The molecule has 0 aliphatic carbocycles. The molecule has 0 bridgehead atoms. The molecule has 0 unspecified atom stereocenters. The van der Waals surface area contributed by atoms with E-state index in [1.165, 1.54) is 13.4 Å². The lowest BCUT2D eigenvalue weighted by Crippen LogP contribution is -2.32. The number of ether oxygens (including phenoxy) is 3. The van der Waals surface area contributed by atoms with E-state index in [0.29, 0.717) is 17.1 Å². The van der Waals surface area contributed by atoms with Gasteiger partial charge in [0.05, 0.1) is 25.5 Å². The molecule has 0 aliphatic heterocycles. The lowest BCUT2D eigenvalue weighted by molar-refractivity contribution is -0.146. The number of nitrogens with one attached hydrogen (secondary N) is 2. The van der Waals surface area contributed by atoms with Gasteiger partial charge in [0.2, 0.25) is 0 Å². The molecule has 0 radical (unpaired) electrons. The van der Waals surface area contributed by atoms with Gasteiger partial charge >= 0.3 is 11.9 Å². The van der Waals surface area contributed by atoms with Crippen molar-refractivity contribution >= 4 is 40.1 Å². The van der Waals surface area contributed by atoms with Gasteiger partial charge in [-0.15, -0.1) is 11.3 Å². The molecule has 1 aromatic carbocycles. The quantitative estimate of drug-likeness (QED) is 0.418. The van der Waals surface area contributed by atoms with E-state index < -0.39 is 36.9 Å². The molecule has 2 amide bonds. The van der Waals surface area contributed by atoms with Gasteiger partial charge in [-0.3, -0.25) is 14.4 Å². The number of benzene rings is 1. The highest BCUT2D eigenvalue weighted by Crippen LogP contribution is 2.36. The number of esters is 2. The molecule has 2 aromatic heterocycles. The number of carbonyl (C=O) groups is 4. The fraction of sp³-hybridized carbons (Fsp3) is 0.217. The van der Waals surface area contributed by atoms with E-state index in [0.717, 1.165) is 11.3 Å². The molecule has 178 valence electrons. The predicted molar refractivity (Wildman–Crippen MR) is 123 cm³/mol. The Kier molecular flexibility index (Phi) is 8.41. The van der Waals surface area contributed by atoms with Crippen molar-refractivity contribution in [2.24, 2.45) is 0 Å². The van der Waals surface area contributed by atoms with Gasteiger partial charge < -0.3 is 29.3 Å². The summed E-state index contributed by atoms with van der Waals surface area (Å²) in [5, 5.41) is 6.84. The maximum Gasteiger partial charge on any atom is 0.341 e. The Morgan fingerprint density at radius 3 is 2.56 bits per heavy atom. The largest absolute Gasteiger partial charge is 0.496 e. The maximum atomic E-state index is 12.5. The highest BCUT2D eigenvalue weighted by molar-refractivity contribution is 7.15. The lowest BCUT2D eigenvalue weighted by atomic mass is 10.1. The van der Waals surface area contributed by atoms with E-state index >= 15 is 0 Å². The molecule has 2 heterocycles. The second kappa shape index (κ2) is 11.7. The van der Waals surface area contributed by atoms with Crippen LogP contribution in [0.25, 0.3) is 11.3 Å². The number of furan rings is 1. The van der Waals surface area contributed by atoms with Crippen LogP contribution in [-0.2, 0) is 19.1 Å². The van der Waals surface area contributed by atoms with E-state index in [1.807, 2.05) is 0 Å². The summed E-state index contributed by atoms with van der Waals surface area (Å²) >= 11 is 1.10. The third-order valence-electron chi connectivity index (χ3n) is 4.42. The Labute approximate surface area is 198 Å². The molecule has 0 spiro atoms. The Balaban J connectivity index is 1.56. The summed E-state index contributed by atoms with van der Waals surface area (Å²) in [7, 11) is 1.43. The molecule has 34 heavy (non-hydrogen) atoms. The first-order valence-electron chi connectivity index (χ1n) is 10.1. The van der Waals surface area contributed by atoms with Crippen molar-refractivity contribution < 1.29 is 37.8 Å². The fourth-order valence-electron chi connectivity index (χ4n) is 2.91. The molecule has 3 aromatic rings. The first kappa shape index (κ1) is 24.5. The third kappa shape index (κ3) is 6.01. The summed E-state index contributed by atoms with van der Waals surface area (Å²) in [4.78, 5) is 49.0. The number of methoxy groups -OCH3 is 1. The second-order valence-corrected chi connectivity index (χ2v) is 7.52. The monoisotopic (exact) mass is 486 g/mol. The molecule has 0 aliphatic rings. The van der Waals surface area contributed by atoms with Gasteiger partial charge in [-0.2, -0.15) is 0 Å². The van der Waals surface area contributed by atoms with E-state index in [2.05, 4.69) is 10.6 Å². The summed E-state index contributed by atoms with van der Waals surface area (Å²) in [6.45, 7) is 0.762. The number of anilines is 1. The van der Waals surface area contributed by atoms with Gasteiger partial charge in [0, 0.05) is 10.9 Å². The van der Waals surface area contributed by atoms with Crippen LogP contribution in [0.1, 0.15) is 27.6 Å². The number of rotatable bonds is 10. The molecule has 3 rings (SSSR count). The van der Waals surface area contributed by atoms with Crippen molar-refractivity contribution in [3.8, 4) is 17.1 Å². The minimum Gasteiger partial charge on any atom is -0.496 e. The van der Waals surface area contributed by atoms with Crippen molar-refractivity contribution in [3.05, 3.63) is 59.2 Å². The Morgan fingerprint density at radius 1 is 1.06 bits per heavy atom. The summed E-state index contributed by atoms with van der Waals surface area (Å²) < 4.78 is 20.5. The van der Waals surface area contributed by atoms with Gasteiger partial charge in [-0.05, 0) is 31.2 Å². The van der Waals surface area contributed by atoms with Crippen molar-refractivity contribution in [1.82, 2.24) is 5.32 Å². The zero-order valence-corrected chi connectivity index (χ0v) is 19.2. The van der Waals surface area contributed by atoms with Crippen molar-refractivity contribution in [3.63, 3.8) is 0 Å². The summed E-state index contributed by atoms with van der Waals surface area (Å²) in [5.41, 5.74) is 0.873. The molecule has 0 saturated carbocycles. The Bertz CT molecular complexity index is 1170. The van der Waals surface area contributed by atoms with Crippen LogP contribution in [0.15, 0.2) is 52.5 Å². The lowest BCUT2D eigenvalue weighted by Gasteiger charge is -2.10. The van der Waals surface area contributed by atoms with E-state index in [9.17, 15) is 19.2 Å². The topological polar surface area (TPSA) is 133 Å². The molecular formula is C23H22N2O8S. The summed E-state index contributed by atoms with van der Waals surface area (Å²) in [6, 6.07) is 9.88. The standard InChI is InChI=1S/C23H22N2O8S/c1-3-31-23(29)20-15(17-9-6-10-32-17)13-34-22(20)25-18(26)12-33-19(27)11-24-21(28)14-7-4-5-8-16(14)30-2/h4-10,13H,3,11-12H2,1-2H3,(H,24,28)(H,25,26). The molecule has 10 nitrogen and oxygen atoms in total. The van der Waals surface area contributed by atoms with E-state index in [-0.39, 0.29) is 22.7 Å². The van der Waals surface area contributed by atoms with Crippen LogP contribution >= 0.6 is 11.3 Å². The van der Waals surface area contributed by atoms with Crippen molar-refractivity contribution in [2.45, 2.75) is 6.92 Å². The minimum absolute atomic E-state index is 0.144. The fourth-order valence-corrected chi connectivity index (χ4v) is 3.86. The second-order valence-electron chi connectivity index (χ2n) is 6.64. The van der Waals surface area contributed by atoms with Crippen LogP contribution in [0.2, 0.25) is 0 Å². The predicted octanol–water partition coefficient (Wildman–Crippen LogP) is 3.11. The van der Waals surface area contributed by atoms with Crippen LogP contribution in [0.5, 0.6) is 5.75 Å². The van der Waals surface area contributed by atoms with Crippen LogP contribution in [0.4, 0.5) is 5.00 Å². The molecule has 0 saturated heterocycles. The molecular weight excluding hydrogens is 464 g/mol. The highest BCUT2D eigenvalue weighted by atomic mass is 32.1. The molecule has 2 N–H and O–H groups in total. The van der Waals surface area contributed by atoms with Crippen LogP contribution in [0, 0.1) is 0 Å². The number of amides is 2. The molecule has 0 atom stereocenters. The molecule has 0 fully saturated rings. The van der Waals surface area contributed by atoms with Crippen molar-refractivity contribution in [2.75, 3.05) is 32.2 Å².